The SMILES string of the molecule is O=C(O)Cn1ncc2c1CCC[C@H]2NCS(=O)(=O)c1cnc(Oc2ccc(Cl)cc2Cl)c(Br)c1. The minimum absolute atomic E-state index is 0.0130. The van der Waals surface area contributed by atoms with Crippen molar-refractivity contribution in [3.63, 3.8) is 0 Å². The predicted octanol–water partition coefficient (Wildman–Crippen LogP) is 4.62. The van der Waals surface area contributed by atoms with Crippen molar-refractivity contribution >= 4 is 54.9 Å². The Labute approximate surface area is 214 Å². The lowest BCUT2D eigenvalue weighted by Gasteiger charge is -2.24. The van der Waals surface area contributed by atoms with Crippen LogP contribution in [0.1, 0.15) is 30.1 Å². The largest absolute Gasteiger partial charge is 0.480 e. The van der Waals surface area contributed by atoms with Crippen LogP contribution in [-0.4, -0.2) is 40.1 Å². The molecule has 3 aromatic rings. The number of hydrogen-bond acceptors (Lipinski definition) is 7. The molecule has 0 saturated carbocycles. The van der Waals surface area contributed by atoms with Crippen molar-refractivity contribution in [3.05, 3.63) is 62.4 Å². The van der Waals surface area contributed by atoms with Crippen molar-refractivity contribution in [3.8, 4) is 11.6 Å². The van der Waals surface area contributed by atoms with Crippen LogP contribution in [0.2, 0.25) is 10.0 Å². The number of nitrogens with zero attached hydrogens (tertiary/aromatic N) is 3. The van der Waals surface area contributed by atoms with Crippen molar-refractivity contribution in [2.75, 3.05) is 5.88 Å². The molecule has 2 aromatic heterocycles. The smallest absolute Gasteiger partial charge is 0.325 e. The molecule has 0 amide bonds. The Kier molecular flexibility index (Phi) is 7.48. The molecule has 0 unspecified atom stereocenters. The van der Waals surface area contributed by atoms with Crippen molar-refractivity contribution < 1.29 is 23.1 Å². The highest BCUT2D eigenvalue weighted by Crippen LogP contribution is 2.35. The molecular weight excluding hydrogens is 571 g/mol. The maximum atomic E-state index is 13.0. The van der Waals surface area contributed by atoms with Gasteiger partial charge in [0, 0.05) is 28.5 Å². The molecule has 1 aliphatic rings. The van der Waals surface area contributed by atoms with E-state index in [1.165, 1.54) is 23.0 Å². The van der Waals surface area contributed by atoms with Crippen molar-refractivity contribution in [1.82, 2.24) is 20.1 Å². The number of sulfone groups is 1. The van der Waals surface area contributed by atoms with Crippen LogP contribution in [0.25, 0.3) is 0 Å². The molecule has 13 heteroatoms. The molecule has 0 bridgehead atoms. The second-order valence-electron chi connectivity index (χ2n) is 7.64. The first-order chi connectivity index (χ1) is 16.1. The lowest BCUT2D eigenvalue weighted by Crippen LogP contribution is -2.30. The molecule has 0 aliphatic heterocycles. The van der Waals surface area contributed by atoms with Gasteiger partial charge in [-0.05, 0) is 59.5 Å². The lowest BCUT2D eigenvalue weighted by molar-refractivity contribution is -0.137. The van der Waals surface area contributed by atoms with E-state index in [0.717, 1.165) is 24.1 Å². The van der Waals surface area contributed by atoms with E-state index in [0.29, 0.717) is 26.7 Å². The van der Waals surface area contributed by atoms with Crippen LogP contribution in [0.15, 0.2) is 46.0 Å². The summed E-state index contributed by atoms with van der Waals surface area (Å²) in [4.78, 5) is 15.2. The van der Waals surface area contributed by atoms with Crippen LogP contribution in [0.5, 0.6) is 11.6 Å². The first-order valence-corrected chi connectivity index (χ1v) is 13.3. The molecule has 1 aromatic carbocycles. The first kappa shape index (κ1) is 24.9. The van der Waals surface area contributed by atoms with Gasteiger partial charge in [0.15, 0.2) is 9.84 Å². The Bertz CT molecular complexity index is 1350. The molecule has 180 valence electrons. The fraction of sp³-hybridized carbons (Fsp3) is 0.286. The number of ether oxygens (including phenoxy) is 1. The molecule has 0 radical (unpaired) electrons. The topological polar surface area (TPSA) is 123 Å². The summed E-state index contributed by atoms with van der Waals surface area (Å²) in [6, 6.07) is 5.90. The fourth-order valence-electron chi connectivity index (χ4n) is 3.70. The number of pyridine rings is 1. The van der Waals surface area contributed by atoms with E-state index in [1.54, 1.807) is 18.3 Å². The molecule has 0 spiro atoms. The van der Waals surface area contributed by atoms with Gasteiger partial charge in [0.25, 0.3) is 0 Å². The summed E-state index contributed by atoms with van der Waals surface area (Å²) < 4.78 is 33.4. The number of hydrogen-bond donors (Lipinski definition) is 2. The van der Waals surface area contributed by atoms with Gasteiger partial charge in [-0.3, -0.25) is 14.8 Å². The molecule has 2 N–H and O–H groups in total. The Morgan fingerprint density at radius 2 is 2.09 bits per heavy atom. The van der Waals surface area contributed by atoms with E-state index in [4.69, 9.17) is 33.0 Å². The van der Waals surface area contributed by atoms with Crippen molar-refractivity contribution in [1.29, 1.82) is 0 Å². The number of carbonyl (C=O) groups is 1. The summed E-state index contributed by atoms with van der Waals surface area (Å²) in [5.41, 5.74) is 1.64. The second-order valence-corrected chi connectivity index (χ2v) is 11.3. The minimum Gasteiger partial charge on any atom is -0.480 e. The Morgan fingerprint density at radius 3 is 2.79 bits per heavy atom. The third kappa shape index (κ3) is 5.55. The Hall–Kier alpha value is -2.18. The summed E-state index contributed by atoms with van der Waals surface area (Å²) in [5.74, 6) is -0.821. The van der Waals surface area contributed by atoms with E-state index in [9.17, 15) is 13.2 Å². The summed E-state index contributed by atoms with van der Waals surface area (Å²) in [6.07, 6.45) is 5.04. The van der Waals surface area contributed by atoms with Crippen LogP contribution in [0, 0.1) is 0 Å². The molecule has 0 saturated heterocycles. The van der Waals surface area contributed by atoms with E-state index < -0.39 is 15.8 Å². The van der Waals surface area contributed by atoms with Gasteiger partial charge in [-0.2, -0.15) is 5.10 Å². The van der Waals surface area contributed by atoms with Gasteiger partial charge in [0.1, 0.15) is 18.2 Å². The van der Waals surface area contributed by atoms with Gasteiger partial charge < -0.3 is 9.84 Å². The molecule has 1 atom stereocenters. The van der Waals surface area contributed by atoms with Crippen LogP contribution >= 0.6 is 39.1 Å². The van der Waals surface area contributed by atoms with Gasteiger partial charge in [-0.25, -0.2) is 13.4 Å². The summed E-state index contributed by atoms with van der Waals surface area (Å²) >= 11 is 15.3. The monoisotopic (exact) mass is 588 g/mol. The van der Waals surface area contributed by atoms with Gasteiger partial charge in [0.05, 0.1) is 20.6 Å². The number of rotatable bonds is 8. The minimum atomic E-state index is -3.72. The Balaban J connectivity index is 1.47. The van der Waals surface area contributed by atoms with Gasteiger partial charge in [-0.1, -0.05) is 23.2 Å². The number of aromatic nitrogens is 3. The standard InChI is InChI=1S/C21H19BrCl2N4O5S/c22-15-7-13(8-25-21(15)33-19-5-4-12(23)6-16(19)24)34(31,32)11-26-17-2-1-3-18-14(17)9-27-28(18)10-20(29)30/h4-9,17,26H,1-3,10-11H2,(H,29,30)/t17-/m1/s1. The maximum Gasteiger partial charge on any atom is 0.325 e. The number of aliphatic carboxylic acids is 1. The van der Waals surface area contributed by atoms with Crippen LogP contribution in [0.4, 0.5) is 0 Å². The molecule has 4 rings (SSSR count). The van der Waals surface area contributed by atoms with Crippen LogP contribution in [-0.2, 0) is 27.6 Å². The number of carboxylic acid groups (broad SMARTS) is 1. The van der Waals surface area contributed by atoms with Crippen molar-refractivity contribution in [2.45, 2.75) is 36.7 Å². The molecule has 2 heterocycles. The number of benzene rings is 1. The van der Waals surface area contributed by atoms with E-state index in [-0.39, 0.29) is 29.2 Å². The fourth-order valence-corrected chi connectivity index (χ4v) is 5.83. The highest BCUT2D eigenvalue weighted by Gasteiger charge is 2.27. The summed E-state index contributed by atoms with van der Waals surface area (Å²) in [7, 11) is -3.72. The lowest BCUT2D eigenvalue weighted by atomic mass is 9.93. The third-order valence-electron chi connectivity index (χ3n) is 5.31. The van der Waals surface area contributed by atoms with Gasteiger partial charge in [-0.15, -0.1) is 0 Å². The molecule has 9 nitrogen and oxygen atoms in total. The highest BCUT2D eigenvalue weighted by atomic mass is 79.9. The maximum absolute atomic E-state index is 13.0. The molecule has 34 heavy (non-hydrogen) atoms. The van der Waals surface area contributed by atoms with E-state index >= 15 is 0 Å². The number of fused-ring (bicyclic) bond motifs is 1. The van der Waals surface area contributed by atoms with Crippen molar-refractivity contribution in [2.24, 2.45) is 0 Å². The Morgan fingerprint density at radius 1 is 1.29 bits per heavy atom. The molecular formula is C21H19BrCl2N4O5S. The van der Waals surface area contributed by atoms with Gasteiger partial charge >= 0.3 is 5.97 Å². The summed E-state index contributed by atoms with van der Waals surface area (Å²) in [5, 5.41) is 17.0. The second kappa shape index (κ2) is 10.2. The third-order valence-corrected chi connectivity index (χ3v) is 7.90. The van der Waals surface area contributed by atoms with E-state index in [2.05, 4.69) is 31.3 Å². The molecule has 1 aliphatic carbocycles. The zero-order chi connectivity index (χ0) is 24.5. The first-order valence-electron chi connectivity index (χ1n) is 10.1. The van der Waals surface area contributed by atoms with Crippen LogP contribution < -0.4 is 10.1 Å². The average Bonchev–Trinajstić information content (AvgIpc) is 3.18. The zero-order valence-corrected chi connectivity index (χ0v) is 21.5. The van der Waals surface area contributed by atoms with Gasteiger partial charge in [0.2, 0.25) is 5.88 Å². The number of carboxylic acids is 1. The normalized spacial score (nSPS) is 15.7. The quantitative estimate of drug-likeness (QED) is 0.390. The van der Waals surface area contributed by atoms with Crippen LogP contribution in [0.3, 0.4) is 0 Å². The number of halogens is 3. The zero-order valence-electron chi connectivity index (χ0n) is 17.5. The highest BCUT2D eigenvalue weighted by molar-refractivity contribution is 9.10. The summed E-state index contributed by atoms with van der Waals surface area (Å²) in [6.45, 7) is -0.226. The van der Waals surface area contributed by atoms with E-state index in [1.807, 2.05) is 0 Å². The molecule has 0 fully saturated rings. The predicted molar refractivity (Wildman–Crippen MR) is 129 cm³/mol. The number of nitrogens with one attached hydrogen (secondary N) is 1. The average molecular weight is 590 g/mol.